The molecule has 3 aliphatic rings. The molecular formula is C15H17ClN2O3S. The number of hydrogen-bond donors (Lipinski definition) is 2. The van der Waals surface area contributed by atoms with Crippen LogP contribution in [0.4, 0.5) is 0 Å². The molecule has 1 aromatic carbocycles. The molecule has 5 nitrogen and oxygen atoms in total. The lowest BCUT2D eigenvalue weighted by Gasteiger charge is -2.29. The zero-order valence-electron chi connectivity index (χ0n) is 12.1. The molecule has 0 aromatic heterocycles. The molecule has 1 aliphatic heterocycles. The lowest BCUT2D eigenvalue weighted by molar-refractivity contribution is 0.0281. The largest absolute Gasteiger partial charge is 0.385 e. The number of fused-ring (bicyclic) bond motifs is 2. The highest BCUT2D eigenvalue weighted by atomic mass is 35.5. The van der Waals surface area contributed by atoms with Gasteiger partial charge in [-0.1, -0.05) is 11.6 Å². The lowest BCUT2D eigenvalue weighted by atomic mass is 9.84. The number of benzene rings is 1. The van der Waals surface area contributed by atoms with Crippen LogP contribution >= 0.6 is 11.6 Å². The third-order valence-corrected chi connectivity index (χ3v) is 5.98. The van der Waals surface area contributed by atoms with Gasteiger partial charge in [0.15, 0.2) is 0 Å². The van der Waals surface area contributed by atoms with Crippen molar-refractivity contribution >= 4 is 27.8 Å². The van der Waals surface area contributed by atoms with Crippen LogP contribution in [0.5, 0.6) is 0 Å². The van der Waals surface area contributed by atoms with Crippen LogP contribution in [0.2, 0.25) is 5.02 Å². The van der Waals surface area contributed by atoms with E-state index in [1.165, 1.54) is 6.26 Å². The van der Waals surface area contributed by atoms with E-state index >= 15 is 0 Å². The van der Waals surface area contributed by atoms with Crippen molar-refractivity contribution in [2.24, 2.45) is 16.8 Å². The first-order chi connectivity index (χ1) is 10.3. The maximum absolute atomic E-state index is 11.3. The highest BCUT2D eigenvalue weighted by Crippen LogP contribution is 2.60. The average Bonchev–Trinajstić information content (AvgIpc) is 2.83. The molecule has 2 fully saturated rings. The van der Waals surface area contributed by atoms with E-state index in [-0.39, 0.29) is 17.9 Å². The van der Waals surface area contributed by atoms with Crippen LogP contribution in [0.3, 0.4) is 0 Å². The second-order valence-electron chi connectivity index (χ2n) is 6.67. The second-order valence-corrected chi connectivity index (χ2v) is 8.89. The minimum atomic E-state index is -3.19. The van der Waals surface area contributed by atoms with E-state index in [1.54, 1.807) is 6.21 Å². The number of nitrogens with zero attached hydrogens (tertiary/aromatic N) is 1. The van der Waals surface area contributed by atoms with Gasteiger partial charge in [-0.2, -0.15) is 0 Å². The molecule has 0 spiro atoms. The Kier molecular flexibility index (Phi) is 3.02. The molecule has 118 valence electrons. The van der Waals surface area contributed by atoms with Crippen molar-refractivity contribution in [1.82, 2.24) is 4.72 Å². The van der Waals surface area contributed by atoms with Gasteiger partial charge in [0, 0.05) is 17.3 Å². The summed E-state index contributed by atoms with van der Waals surface area (Å²) < 4.78 is 25.3. The molecule has 0 amide bonds. The van der Waals surface area contributed by atoms with E-state index in [0.717, 1.165) is 16.7 Å². The fourth-order valence-electron chi connectivity index (χ4n) is 4.11. The topological polar surface area (TPSA) is 78.8 Å². The molecule has 0 bridgehead atoms. The van der Waals surface area contributed by atoms with Crippen molar-refractivity contribution in [2.75, 3.05) is 6.26 Å². The van der Waals surface area contributed by atoms with E-state index in [2.05, 4.69) is 9.71 Å². The minimum absolute atomic E-state index is 0.0289. The fraction of sp³-hybridized carbons (Fsp3) is 0.533. The molecular weight excluding hydrogens is 324 g/mol. The van der Waals surface area contributed by atoms with Crippen molar-refractivity contribution in [3.05, 3.63) is 33.8 Å². The summed E-state index contributed by atoms with van der Waals surface area (Å²) in [5.41, 5.74) is 1.95. The number of nitrogens with one attached hydrogen (secondary N) is 1. The van der Waals surface area contributed by atoms with Gasteiger partial charge >= 0.3 is 0 Å². The number of aliphatic hydroxyl groups is 1. The molecule has 1 aromatic rings. The number of sulfonamides is 1. The Morgan fingerprint density at radius 2 is 2.05 bits per heavy atom. The van der Waals surface area contributed by atoms with Gasteiger partial charge in [-0.3, -0.25) is 4.99 Å². The molecule has 4 atom stereocenters. The SMILES string of the molecule is CS(=O)(=O)NC1[C@H]2CC(O)(c3cc(Cl)cc4c3CN=C4)C[C@@H]12. The summed E-state index contributed by atoms with van der Waals surface area (Å²) in [7, 11) is -3.19. The molecule has 0 saturated heterocycles. The van der Waals surface area contributed by atoms with Crippen LogP contribution in [0.25, 0.3) is 0 Å². The predicted octanol–water partition coefficient (Wildman–Crippen LogP) is 1.42. The Balaban J connectivity index is 1.60. The van der Waals surface area contributed by atoms with E-state index in [1.807, 2.05) is 12.1 Å². The van der Waals surface area contributed by atoms with Gasteiger partial charge in [-0.25, -0.2) is 13.1 Å². The Hall–Kier alpha value is -0.950. The van der Waals surface area contributed by atoms with Crippen LogP contribution < -0.4 is 4.72 Å². The summed E-state index contributed by atoms with van der Waals surface area (Å²) in [6.45, 7) is 0.574. The van der Waals surface area contributed by atoms with Crippen molar-refractivity contribution in [2.45, 2.75) is 31.0 Å². The molecule has 4 rings (SSSR count). The summed E-state index contributed by atoms with van der Waals surface area (Å²) in [6, 6.07) is 3.67. The second kappa shape index (κ2) is 4.54. The molecule has 1 heterocycles. The van der Waals surface area contributed by atoms with Crippen molar-refractivity contribution < 1.29 is 13.5 Å². The highest BCUT2D eigenvalue weighted by Gasteiger charge is 2.62. The molecule has 2 aliphatic carbocycles. The zero-order valence-corrected chi connectivity index (χ0v) is 13.7. The number of rotatable bonds is 3. The van der Waals surface area contributed by atoms with Crippen molar-refractivity contribution in [3.63, 3.8) is 0 Å². The maximum atomic E-state index is 11.3. The van der Waals surface area contributed by atoms with Gasteiger partial charge in [-0.15, -0.1) is 0 Å². The fourth-order valence-corrected chi connectivity index (χ4v) is 5.18. The Labute approximate surface area is 134 Å². The summed E-state index contributed by atoms with van der Waals surface area (Å²) in [5.74, 6) is 0.411. The van der Waals surface area contributed by atoms with Gasteiger partial charge in [0.1, 0.15) is 0 Å². The van der Waals surface area contributed by atoms with Crippen LogP contribution in [0.15, 0.2) is 17.1 Å². The number of aliphatic imine (C=N–C) groups is 1. The number of hydrogen-bond acceptors (Lipinski definition) is 4. The molecule has 22 heavy (non-hydrogen) atoms. The normalized spacial score (nSPS) is 35.5. The molecule has 2 N–H and O–H groups in total. The third kappa shape index (κ3) is 2.29. The molecule has 2 unspecified atom stereocenters. The quantitative estimate of drug-likeness (QED) is 0.873. The monoisotopic (exact) mass is 340 g/mol. The predicted molar refractivity (Wildman–Crippen MR) is 84.6 cm³/mol. The van der Waals surface area contributed by atoms with Gasteiger partial charge in [0.05, 0.1) is 18.4 Å². The van der Waals surface area contributed by atoms with Gasteiger partial charge in [0.25, 0.3) is 0 Å². The number of halogens is 1. The van der Waals surface area contributed by atoms with Crippen LogP contribution in [-0.4, -0.2) is 32.0 Å². The van der Waals surface area contributed by atoms with Gasteiger partial charge in [-0.05, 0) is 53.5 Å². The van der Waals surface area contributed by atoms with Crippen LogP contribution in [0, 0.1) is 11.8 Å². The van der Waals surface area contributed by atoms with E-state index < -0.39 is 15.6 Å². The van der Waals surface area contributed by atoms with E-state index in [0.29, 0.717) is 24.4 Å². The first-order valence-electron chi connectivity index (χ1n) is 7.29. The van der Waals surface area contributed by atoms with Crippen molar-refractivity contribution in [1.29, 1.82) is 0 Å². The highest BCUT2D eigenvalue weighted by molar-refractivity contribution is 7.88. The summed E-state index contributed by atoms with van der Waals surface area (Å²) in [5, 5.41) is 11.7. The minimum Gasteiger partial charge on any atom is -0.385 e. The van der Waals surface area contributed by atoms with Crippen LogP contribution in [0.1, 0.15) is 29.5 Å². The van der Waals surface area contributed by atoms with Gasteiger partial charge in [0.2, 0.25) is 10.0 Å². The molecule has 7 heteroatoms. The summed E-state index contributed by atoms with van der Waals surface area (Å²) in [6.07, 6.45) is 4.10. The average molecular weight is 341 g/mol. The molecule has 2 saturated carbocycles. The maximum Gasteiger partial charge on any atom is 0.208 e. The summed E-state index contributed by atoms with van der Waals surface area (Å²) >= 11 is 6.17. The van der Waals surface area contributed by atoms with Crippen LogP contribution in [-0.2, 0) is 22.2 Å². The van der Waals surface area contributed by atoms with E-state index in [9.17, 15) is 13.5 Å². The lowest BCUT2D eigenvalue weighted by Crippen LogP contribution is -2.33. The zero-order chi connectivity index (χ0) is 15.7. The smallest absolute Gasteiger partial charge is 0.208 e. The van der Waals surface area contributed by atoms with Gasteiger partial charge < -0.3 is 5.11 Å². The Morgan fingerprint density at radius 3 is 2.68 bits per heavy atom. The Bertz CT molecular complexity index is 778. The van der Waals surface area contributed by atoms with E-state index in [4.69, 9.17) is 11.6 Å². The summed E-state index contributed by atoms with van der Waals surface area (Å²) in [4.78, 5) is 4.26. The molecule has 0 radical (unpaired) electrons. The Morgan fingerprint density at radius 1 is 1.36 bits per heavy atom. The first-order valence-corrected chi connectivity index (χ1v) is 9.56. The standard InChI is InChI=1S/C15H17ClN2O3S/c1-22(20,21)18-14-10-4-15(19,5-11(10)14)13-3-9(16)2-8-6-17-7-12(8)13/h2-3,6,10-11,14,18-19H,4-5,7H2,1H3/t10-,11+,14?,15?. The van der Waals surface area contributed by atoms with Crippen molar-refractivity contribution in [3.8, 4) is 0 Å². The third-order valence-electron chi connectivity index (χ3n) is 5.06. The first kappa shape index (κ1) is 14.6.